The Morgan fingerprint density at radius 3 is 1.67 bits per heavy atom. The third-order valence-corrected chi connectivity index (χ3v) is 3.92. The van der Waals surface area contributed by atoms with Crippen LogP contribution in [0.2, 0.25) is 0 Å². The summed E-state index contributed by atoms with van der Waals surface area (Å²) in [5.74, 6) is 0.538. The Balaban J connectivity index is -0.000000320. The number of hydroxylamine groups is 4. The number of unbranched alkanes of at least 4 members (excludes halogenated alkanes) is 1. The monoisotopic (exact) mass is 388 g/mol. The molecule has 0 heterocycles. The zero-order valence-corrected chi connectivity index (χ0v) is 18.2. The molecule has 0 aliphatic carbocycles. The number of isocyanates is 2. The van der Waals surface area contributed by atoms with Gasteiger partial charge in [-0.3, -0.25) is 0 Å². The van der Waals surface area contributed by atoms with Crippen molar-refractivity contribution >= 4 is 12.2 Å². The molecule has 0 rings (SSSR count). The molecule has 0 aromatic rings. The van der Waals surface area contributed by atoms with Crippen molar-refractivity contribution < 1.29 is 20.0 Å². The Bertz CT molecular complexity index is 407. The molecule has 0 aromatic carbocycles. The highest BCUT2D eigenvalue weighted by molar-refractivity contribution is 5.33. The maximum absolute atomic E-state index is 9.62. The molecule has 0 aliphatic heterocycles. The second-order valence-corrected chi connectivity index (χ2v) is 6.75. The standard InChI is InChI=1S/C7H17NO.C7H13NO.C5H10N2O2/c1-4-5-6-7(2)8(3)9;1-3-4-7(2)5-8-6-9;1-5(7(2)9)3-6-4-8/h7,9H,4-6H2,1-3H3;7H,3-5H2,1-2H3;5,9H,3H2,1-2H3. The fourth-order valence-electron chi connectivity index (χ4n) is 1.75. The van der Waals surface area contributed by atoms with E-state index in [-0.39, 0.29) is 12.6 Å². The topological polar surface area (TPSA) is 106 Å². The van der Waals surface area contributed by atoms with E-state index in [4.69, 9.17) is 10.4 Å². The summed E-state index contributed by atoms with van der Waals surface area (Å²) in [6.07, 6.45) is 8.72. The molecule has 0 aromatic heterocycles. The number of nitrogens with zero attached hydrogens (tertiary/aromatic N) is 4. The second kappa shape index (κ2) is 22.6. The molecule has 3 atom stereocenters. The first-order valence-electron chi connectivity index (χ1n) is 9.58. The van der Waals surface area contributed by atoms with Gasteiger partial charge in [0, 0.05) is 20.1 Å². The average Bonchev–Trinajstić information content (AvgIpc) is 2.63. The van der Waals surface area contributed by atoms with Crippen LogP contribution in [0.4, 0.5) is 0 Å². The molecule has 0 saturated carbocycles. The van der Waals surface area contributed by atoms with Gasteiger partial charge in [0.1, 0.15) is 0 Å². The van der Waals surface area contributed by atoms with Crippen molar-refractivity contribution in [2.24, 2.45) is 15.9 Å². The molecular formula is C19H40N4O4. The zero-order valence-electron chi connectivity index (χ0n) is 18.2. The van der Waals surface area contributed by atoms with Gasteiger partial charge in [0.05, 0.1) is 19.1 Å². The van der Waals surface area contributed by atoms with Crippen molar-refractivity contribution in [2.45, 2.75) is 78.8 Å². The lowest BCUT2D eigenvalue weighted by Crippen LogP contribution is -2.27. The molecule has 0 radical (unpaired) electrons. The van der Waals surface area contributed by atoms with Gasteiger partial charge in [-0.05, 0) is 32.6 Å². The summed E-state index contributed by atoms with van der Waals surface area (Å²) in [6.45, 7) is 11.1. The fraction of sp³-hybridized carbons (Fsp3) is 0.895. The molecule has 0 amide bonds. The van der Waals surface area contributed by atoms with E-state index in [9.17, 15) is 9.59 Å². The number of carbonyl (C=O) groups excluding carboxylic acids is 2. The smallest absolute Gasteiger partial charge is 0.234 e. The van der Waals surface area contributed by atoms with Gasteiger partial charge in [-0.1, -0.05) is 40.0 Å². The van der Waals surface area contributed by atoms with Crippen LogP contribution >= 0.6 is 0 Å². The fourth-order valence-corrected chi connectivity index (χ4v) is 1.75. The van der Waals surface area contributed by atoms with E-state index in [1.165, 1.54) is 37.1 Å². The molecular weight excluding hydrogens is 348 g/mol. The van der Waals surface area contributed by atoms with Crippen LogP contribution in [0.5, 0.6) is 0 Å². The van der Waals surface area contributed by atoms with E-state index in [0.29, 0.717) is 18.5 Å². The van der Waals surface area contributed by atoms with Gasteiger partial charge in [-0.15, -0.1) is 0 Å². The summed E-state index contributed by atoms with van der Waals surface area (Å²) in [6, 6.07) is 0.191. The molecule has 3 unspecified atom stereocenters. The molecule has 8 nitrogen and oxygen atoms in total. The zero-order chi connectivity index (χ0) is 21.7. The van der Waals surface area contributed by atoms with Gasteiger partial charge in [-0.25, -0.2) is 19.6 Å². The molecule has 0 aliphatic rings. The van der Waals surface area contributed by atoms with Gasteiger partial charge in [-0.2, -0.15) is 10.1 Å². The van der Waals surface area contributed by atoms with Crippen LogP contribution in [0.1, 0.15) is 66.7 Å². The van der Waals surface area contributed by atoms with E-state index >= 15 is 0 Å². The first-order chi connectivity index (χ1) is 12.7. The molecule has 160 valence electrons. The highest BCUT2D eigenvalue weighted by Crippen LogP contribution is 2.04. The lowest BCUT2D eigenvalue weighted by molar-refractivity contribution is -0.0989. The SMILES string of the molecule is CC(CN=C=O)N(C)O.CCCC(C)CN=C=O.CCCCC(C)N(C)O. The predicted molar refractivity (Wildman–Crippen MR) is 108 cm³/mol. The van der Waals surface area contributed by atoms with Crippen LogP contribution in [-0.4, -0.2) is 72.0 Å². The summed E-state index contributed by atoms with van der Waals surface area (Å²) in [7, 11) is 3.20. The number of hydrogen-bond acceptors (Lipinski definition) is 8. The van der Waals surface area contributed by atoms with Crippen molar-refractivity contribution in [3.8, 4) is 0 Å². The minimum Gasteiger partial charge on any atom is -0.314 e. The number of hydrogen-bond donors (Lipinski definition) is 2. The van der Waals surface area contributed by atoms with E-state index in [0.717, 1.165) is 24.3 Å². The molecule has 8 heteroatoms. The van der Waals surface area contributed by atoms with E-state index in [1.807, 2.05) is 6.92 Å². The molecule has 0 fully saturated rings. The van der Waals surface area contributed by atoms with Crippen molar-refractivity contribution in [3.63, 3.8) is 0 Å². The lowest BCUT2D eigenvalue weighted by Gasteiger charge is -2.16. The maximum Gasteiger partial charge on any atom is 0.234 e. The summed E-state index contributed by atoms with van der Waals surface area (Å²) in [4.78, 5) is 25.9. The van der Waals surface area contributed by atoms with Gasteiger partial charge in [0.2, 0.25) is 12.2 Å². The molecule has 0 bridgehead atoms. The Morgan fingerprint density at radius 2 is 1.30 bits per heavy atom. The van der Waals surface area contributed by atoms with Crippen LogP contribution in [0.3, 0.4) is 0 Å². The van der Waals surface area contributed by atoms with Gasteiger partial charge in [0.15, 0.2) is 0 Å². The number of likely N-dealkylation sites (N-methyl/N-ethyl adjacent to an activating group) is 1. The number of aliphatic imine (C=N–C) groups is 2. The third kappa shape index (κ3) is 26.9. The first kappa shape index (κ1) is 30.3. The minimum absolute atomic E-state index is 0.119. The van der Waals surface area contributed by atoms with Crippen molar-refractivity contribution in [1.82, 2.24) is 10.1 Å². The van der Waals surface area contributed by atoms with Crippen LogP contribution in [-0.2, 0) is 9.59 Å². The van der Waals surface area contributed by atoms with Crippen molar-refractivity contribution in [2.75, 3.05) is 27.2 Å². The Morgan fingerprint density at radius 1 is 0.815 bits per heavy atom. The molecule has 27 heavy (non-hydrogen) atoms. The Hall–Kier alpha value is -1.40. The molecule has 2 N–H and O–H groups in total. The molecule has 0 saturated heterocycles. The predicted octanol–water partition coefficient (Wildman–Crippen LogP) is 3.68. The van der Waals surface area contributed by atoms with Crippen LogP contribution in [0.15, 0.2) is 9.98 Å². The normalized spacial score (nSPS) is 13.1. The van der Waals surface area contributed by atoms with E-state index in [1.54, 1.807) is 14.0 Å². The second-order valence-electron chi connectivity index (χ2n) is 6.75. The first-order valence-corrected chi connectivity index (χ1v) is 9.58. The molecule has 0 spiro atoms. The largest absolute Gasteiger partial charge is 0.314 e. The lowest BCUT2D eigenvalue weighted by atomic mass is 10.1. The minimum atomic E-state index is -0.119. The van der Waals surface area contributed by atoms with Crippen LogP contribution in [0, 0.1) is 5.92 Å². The Labute approximate surface area is 164 Å². The van der Waals surface area contributed by atoms with Gasteiger partial charge >= 0.3 is 0 Å². The van der Waals surface area contributed by atoms with Crippen molar-refractivity contribution in [1.29, 1.82) is 0 Å². The van der Waals surface area contributed by atoms with E-state index in [2.05, 4.69) is 30.8 Å². The quantitative estimate of drug-likeness (QED) is 0.318. The van der Waals surface area contributed by atoms with Crippen LogP contribution < -0.4 is 0 Å². The summed E-state index contributed by atoms with van der Waals surface area (Å²) < 4.78 is 0. The maximum atomic E-state index is 9.62. The highest BCUT2D eigenvalue weighted by atomic mass is 16.5. The Kier molecular flexibility index (Phi) is 25.4. The summed E-state index contributed by atoms with van der Waals surface area (Å²) in [5.41, 5.74) is 0. The van der Waals surface area contributed by atoms with Crippen molar-refractivity contribution in [3.05, 3.63) is 0 Å². The summed E-state index contributed by atoms with van der Waals surface area (Å²) >= 11 is 0. The summed E-state index contributed by atoms with van der Waals surface area (Å²) in [5, 5.41) is 19.8. The van der Waals surface area contributed by atoms with Crippen LogP contribution in [0.25, 0.3) is 0 Å². The van der Waals surface area contributed by atoms with Gasteiger partial charge in [0.25, 0.3) is 0 Å². The highest BCUT2D eigenvalue weighted by Gasteiger charge is 2.03. The van der Waals surface area contributed by atoms with E-state index < -0.39 is 0 Å². The average molecular weight is 389 g/mol. The number of rotatable bonds is 11. The third-order valence-electron chi connectivity index (χ3n) is 3.92. The van der Waals surface area contributed by atoms with Gasteiger partial charge < -0.3 is 10.4 Å².